The molecule has 9 heteroatoms. The zero-order chi connectivity index (χ0) is 32.9. The highest BCUT2D eigenvalue weighted by molar-refractivity contribution is 7.86. The molecule has 0 saturated heterocycles. The molecule has 3 aromatic carbocycles. The molecule has 0 heterocycles. The summed E-state index contributed by atoms with van der Waals surface area (Å²) in [7, 11) is -7.91. The number of benzene rings is 3. The minimum atomic E-state index is -4.08. The molecule has 0 radical (unpaired) electrons. The van der Waals surface area contributed by atoms with Crippen molar-refractivity contribution in [3.05, 3.63) is 114 Å². The van der Waals surface area contributed by atoms with Crippen LogP contribution >= 0.6 is 7.82 Å². The molecule has 0 amide bonds. The molecular weight excluding hydrogens is 631 g/mol. The SMILES string of the molecule is Cc1ccc(S(=O)(=O)OC2CC[C@@]3(C)C(=CC[C@H]4C5CC=C(OP(=O)(Oc6ccccc6)Oc6ccccc6)[C@@]5(C)CC[C@@H]43)C2)cc1. The van der Waals surface area contributed by atoms with Crippen LogP contribution in [0.1, 0.15) is 64.4 Å². The van der Waals surface area contributed by atoms with Crippen molar-refractivity contribution in [1.29, 1.82) is 0 Å². The van der Waals surface area contributed by atoms with Crippen LogP contribution in [-0.2, 0) is 23.4 Å². The van der Waals surface area contributed by atoms with Crippen LogP contribution in [0.4, 0.5) is 0 Å². The van der Waals surface area contributed by atoms with Crippen molar-refractivity contribution in [3.63, 3.8) is 0 Å². The summed E-state index contributed by atoms with van der Waals surface area (Å²) >= 11 is 0. The van der Waals surface area contributed by atoms with Crippen LogP contribution in [0, 0.1) is 35.5 Å². The fourth-order valence-electron chi connectivity index (χ4n) is 8.72. The summed E-state index contributed by atoms with van der Waals surface area (Å²) in [5.74, 6) is 2.74. The van der Waals surface area contributed by atoms with Gasteiger partial charge in [0, 0.05) is 5.41 Å². The van der Waals surface area contributed by atoms with Gasteiger partial charge in [0.1, 0.15) is 17.3 Å². The molecule has 4 aliphatic rings. The fraction of sp³-hybridized carbons (Fsp3) is 0.421. The Balaban J connectivity index is 1.08. The zero-order valence-corrected chi connectivity index (χ0v) is 28.9. The Morgan fingerprint density at radius 2 is 1.34 bits per heavy atom. The Hall–Kier alpha value is -3.32. The van der Waals surface area contributed by atoms with Gasteiger partial charge in [0.25, 0.3) is 10.1 Å². The molecule has 3 aromatic rings. The third-order valence-corrected chi connectivity index (χ3v) is 13.9. The molecule has 4 aliphatic carbocycles. The molecule has 0 bridgehead atoms. The fourth-order valence-corrected chi connectivity index (χ4v) is 11.2. The van der Waals surface area contributed by atoms with Crippen LogP contribution in [0.15, 0.2) is 113 Å². The predicted octanol–water partition coefficient (Wildman–Crippen LogP) is 9.81. The molecule has 248 valence electrons. The lowest BCUT2D eigenvalue weighted by Gasteiger charge is -2.57. The smallest absolute Gasteiger partial charge is 0.390 e. The number of hydrogen-bond acceptors (Lipinski definition) is 7. The Morgan fingerprint density at radius 3 is 1.98 bits per heavy atom. The van der Waals surface area contributed by atoms with Gasteiger partial charge in [-0.15, -0.1) is 0 Å². The summed E-state index contributed by atoms with van der Waals surface area (Å²) in [5.41, 5.74) is 2.02. The van der Waals surface area contributed by atoms with Gasteiger partial charge >= 0.3 is 7.82 Å². The van der Waals surface area contributed by atoms with E-state index in [-0.39, 0.29) is 21.8 Å². The molecule has 7 nitrogen and oxygen atoms in total. The monoisotopic (exact) mass is 674 g/mol. The lowest BCUT2D eigenvalue weighted by molar-refractivity contribution is -0.0363. The second kappa shape index (κ2) is 12.3. The number of allylic oxidation sites excluding steroid dienone is 3. The first-order valence-electron chi connectivity index (χ1n) is 16.7. The van der Waals surface area contributed by atoms with Crippen molar-refractivity contribution >= 4 is 17.9 Å². The van der Waals surface area contributed by atoms with Crippen molar-refractivity contribution in [3.8, 4) is 11.5 Å². The molecule has 0 aromatic heterocycles. The van der Waals surface area contributed by atoms with E-state index in [4.69, 9.17) is 17.8 Å². The highest BCUT2D eigenvalue weighted by atomic mass is 32.2. The number of aryl methyl sites for hydroxylation is 1. The first kappa shape index (κ1) is 32.2. The van der Waals surface area contributed by atoms with Gasteiger partial charge in [0.15, 0.2) is 0 Å². The van der Waals surface area contributed by atoms with Crippen molar-refractivity contribution in [2.45, 2.75) is 76.7 Å². The molecular formula is C38H43O7PS. The summed E-state index contributed by atoms with van der Waals surface area (Å²) in [4.78, 5) is 0.209. The van der Waals surface area contributed by atoms with Gasteiger partial charge in [-0.3, -0.25) is 4.18 Å². The Morgan fingerprint density at radius 1 is 0.723 bits per heavy atom. The summed E-state index contributed by atoms with van der Waals surface area (Å²) in [6.45, 7) is 6.55. The van der Waals surface area contributed by atoms with Gasteiger partial charge in [-0.05, 0) is 118 Å². The van der Waals surface area contributed by atoms with E-state index in [2.05, 4.69) is 26.0 Å². The van der Waals surface area contributed by atoms with Crippen LogP contribution < -0.4 is 9.05 Å². The minimum absolute atomic E-state index is 0.0104. The van der Waals surface area contributed by atoms with Crippen LogP contribution in [0.3, 0.4) is 0 Å². The highest BCUT2D eigenvalue weighted by Crippen LogP contribution is 2.67. The molecule has 0 N–H and O–H groups in total. The molecule has 2 fully saturated rings. The quantitative estimate of drug-likeness (QED) is 0.127. The molecule has 7 rings (SSSR count). The van der Waals surface area contributed by atoms with E-state index in [1.54, 1.807) is 48.5 Å². The van der Waals surface area contributed by atoms with Crippen LogP contribution in [-0.4, -0.2) is 14.5 Å². The Kier molecular flexibility index (Phi) is 8.43. The van der Waals surface area contributed by atoms with Gasteiger partial charge in [-0.2, -0.15) is 13.0 Å². The average molecular weight is 675 g/mol. The topological polar surface area (TPSA) is 88.1 Å². The van der Waals surface area contributed by atoms with Crippen molar-refractivity contribution in [2.24, 2.45) is 28.6 Å². The van der Waals surface area contributed by atoms with Crippen molar-refractivity contribution in [1.82, 2.24) is 0 Å². The van der Waals surface area contributed by atoms with Gasteiger partial charge in [-0.25, -0.2) is 0 Å². The molecule has 2 saturated carbocycles. The second-order valence-electron chi connectivity index (χ2n) is 14.1. The molecule has 6 atom stereocenters. The van der Waals surface area contributed by atoms with Crippen LogP contribution in [0.2, 0.25) is 0 Å². The van der Waals surface area contributed by atoms with E-state index >= 15 is 0 Å². The normalized spacial score (nSPS) is 30.2. The van der Waals surface area contributed by atoms with E-state index in [0.29, 0.717) is 47.9 Å². The summed E-state index contributed by atoms with van der Waals surface area (Å²) in [5, 5.41) is 0. The number of para-hydroxylation sites is 2. The third kappa shape index (κ3) is 6.21. The maximum Gasteiger partial charge on any atom is 0.646 e. The zero-order valence-electron chi connectivity index (χ0n) is 27.2. The van der Waals surface area contributed by atoms with Gasteiger partial charge < -0.3 is 13.6 Å². The number of fused-ring (bicyclic) bond motifs is 5. The first-order chi connectivity index (χ1) is 22.5. The minimum Gasteiger partial charge on any atom is -0.390 e. The number of phosphoric acid groups is 1. The summed E-state index contributed by atoms with van der Waals surface area (Å²) in [6, 6.07) is 24.9. The standard InChI is InChI=1S/C38H43O7PS/c1-27-14-17-32(18-15-27)47(40,41)45-31-22-24-37(2)28(26-31)16-19-33-34-20-21-36(38(34,3)25-23-35(33)37)44-46(39,42-29-10-6-4-7-11-29)43-30-12-8-5-9-13-30/h4-18,21,31,33-35H,19-20,22-26H2,1-3H3/t31?,33-,34?,35-,37-,38-/m0/s1. The summed E-state index contributed by atoms with van der Waals surface area (Å²) < 4.78 is 64.6. The van der Waals surface area contributed by atoms with Crippen LogP contribution in [0.5, 0.6) is 11.5 Å². The van der Waals surface area contributed by atoms with Crippen LogP contribution in [0.25, 0.3) is 0 Å². The summed E-state index contributed by atoms with van der Waals surface area (Å²) in [6.07, 6.45) is 9.99. The third-order valence-electron chi connectivity index (χ3n) is 11.3. The lowest BCUT2D eigenvalue weighted by atomic mass is 9.48. The number of rotatable bonds is 9. The van der Waals surface area contributed by atoms with E-state index in [9.17, 15) is 13.0 Å². The number of phosphoric ester groups is 1. The maximum absolute atomic E-state index is 14.3. The largest absolute Gasteiger partial charge is 0.646 e. The average Bonchev–Trinajstić information content (AvgIpc) is 3.37. The molecule has 0 aliphatic heterocycles. The highest BCUT2D eigenvalue weighted by Gasteiger charge is 2.58. The Labute approximate surface area is 278 Å². The number of hydrogen-bond donors (Lipinski definition) is 0. The molecule has 47 heavy (non-hydrogen) atoms. The predicted molar refractivity (Wildman–Crippen MR) is 181 cm³/mol. The lowest BCUT2D eigenvalue weighted by Crippen LogP contribution is -2.50. The van der Waals surface area contributed by atoms with Gasteiger partial charge in [0.05, 0.1) is 11.0 Å². The van der Waals surface area contributed by atoms with E-state index < -0.39 is 17.9 Å². The second-order valence-corrected chi connectivity index (χ2v) is 17.1. The Bertz CT molecular complexity index is 1780. The maximum atomic E-state index is 14.3. The van der Waals surface area contributed by atoms with Gasteiger partial charge in [0.2, 0.25) is 0 Å². The molecule has 2 unspecified atom stereocenters. The van der Waals surface area contributed by atoms with E-state index in [1.807, 2.05) is 43.3 Å². The first-order valence-corrected chi connectivity index (χ1v) is 19.5. The van der Waals surface area contributed by atoms with Gasteiger partial charge in [-0.1, -0.05) is 79.6 Å². The van der Waals surface area contributed by atoms with Crippen molar-refractivity contribution < 1.29 is 30.7 Å². The van der Waals surface area contributed by atoms with E-state index in [1.165, 1.54) is 5.57 Å². The molecule has 0 spiro atoms. The van der Waals surface area contributed by atoms with Crippen molar-refractivity contribution in [2.75, 3.05) is 0 Å². The van der Waals surface area contributed by atoms with E-state index in [0.717, 1.165) is 37.7 Å².